The van der Waals surface area contributed by atoms with Crippen molar-refractivity contribution in [2.45, 2.75) is 11.3 Å². The maximum Gasteiger partial charge on any atom is 0.317 e. The van der Waals surface area contributed by atoms with Crippen molar-refractivity contribution < 1.29 is 26.8 Å². The SMILES string of the molecule is NC(=O)c1cccc(CCNC(=O)N2CCN(S(=O)(=O)c3cc(F)ccc3F)CC2)c1. The van der Waals surface area contributed by atoms with Crippen molar-refractivity contribution in [3.63, 3.8) is 0 Å². The molecule has 3 amide bonds. The van der Waals surface area contributed by atoms with Gasteiger partial charge in [-0.15, -0.1) is 0 Å². The Labute approximate surface area is 178 Å². The third-order valence-electron chi connectivity index (χ3n) is 4.94. The molecule has 3 rings (SSSR count). The number of nitrogens with two attached hydrogens (primary N) is 1. The molecule has 1 aliphatic heterocycles. The number of nitrogens with one attached hydrogen (secondary N) is 1. The second kappa shape index (κ2) is 9.40. The van der Waals surface area contributed by atoms with Gasteiger partial charge in [-0.05, 0) is 42.3 Å². The summed E-state index contributed by atoms with van der Waals surface area (Å²) in [7, 11) is -4.21. The number of carbonyl (C=O) groups excluding carboxylic acids is 2. The third-order valence-corrected chi connectivity index (χ3v) is 6.85. The molecule has 0 radical (unpaired) electrons. The van der Waals surface area contributed by atoms with Crippen LogP contribution < -0.4 is 11.1 Å². The molecule has 0 unspecified atom stereocenters. The average molecular weight is 452 g/mol. The van der Waals surface area contributed by atoms with Gasteiger partial charge in [-0.2, -0.15) is 4.31 Å². The highest BCUT2D eigenvalue weighted by Gasteiger charge is 2.32. The number of nitrogens with zero attached hydrogens (tertiary/aromatic N) is 2. The Bertz CT molecular complexity index is 1090. The van der Waals surface area contributed by atoms with Crippen molar-refractivity contribution in [3.05, 3.63) is 65.2 Å². The van der Waals surface area contributed by atoms with E-state index in [0.717, 1.165) is 22.0 Å². The molecular formula is C20H22F2N4O4S. The van der Waals surface area contributed by atoms with E-state index in [4.69, 9.17) is 5.73 Å². The van der Waals surface area contributed by atoms with Crippen molar-refractivity contribution >= 4 is 22.0 Å². The molecule has 166 valence electrons. The molecule has 0 atom stereocenters. The smallest absolute Gasteiger partial charge is 0.317 e. The lowest BCUT2D eigenvalue weighted by Crippen LogP contribution is -2.53. The van der Waals surface area contributed by atoms with Crippen LogP contribution in [0, 0.1) is 11.6 Å². The number of hydrogen-bond acceptors (Lipinski definition) is 4. The van der Waals surface area contributed by atoms with Gasteiger partial charge in [-0.1, -0.05) is 12.1 Å². The fourth-order valence-electron chi connectivity index (χ4n) is 3.25. The quantitative estimate of drug-likeness (QED) is 0.688. The van der Waals surface area contributed by atoms with Crippen molar-refractivity contribution in [2.75, 3.05) is 32.7 Å². The van der Waals surface area contributed by atoms with Crippen molar-refractivity contribution in [3.8, 4) is 0 Å². The van der Waals surface area contributed by atoms with E-state index in [1.165, 1.54) is 4.90 Å². The number of amides is 3. The zero-order chi connectivity index (χ0) is 22.6. The van der Waals surface area contributed by atoms with E-state index in [2.05, 4.69) is 5.32 Å². The predicted octanol–water partition coefficient (Wildman–Crippen LogP) is 1.32. The summed E-state index contributed by atoms with van der Waals surface area (Å²) in [5.74, 6) is -2.40. The molecule has 1 aliphatic rings. The number of halogens is 2. The van der Waals surface area contributed by atoms with Crippen LogP contribution in [0.1, 0.15) is 15.9 Å². The monoisotopic (exact) mass is 452 g/mol. The van der Waals surface area contributed by atoms with Gasteiger partial charge in [0.1, 0.15) is 16.5 Å². The van der Waals surface area contributed by atoms with Crippen LogP contribution >= 0.6 is 0 Å². The fraction of sp³-hybridized carbons (Fsp3) is 0.300. The van der Waals surface area contributed by atoms with E-state index < -0.39 is 32.5 Å². The molecule has 8 nitrogen and oxygen atoms in total. The first kappa shape index (κ1) is 22.6. The van der Waals surface area contributed by atoms with Gasteiger partial charge in [0, 0.05) is 38.3 Å². The zero-order valence-electron chi connectivity index (χ0n) is 16.6. The van der Waals surface area contributed by atoms with E-state index in [1.807, 2.05) is 6.07 Å². The van der Waals surface area contributed by atoms with Gasteiger partial charge in [0.15, 0.2) is 0 Å². The zero-order valence-corrected chi connectivity index (χ0v) is 17.4. The molecular weight excluding hydrogens is 430 g/mol. The van der Waals surface area contributed by atoms with Crippen molar-refractivity contribution in [1.82, 2.24) is 14.5 Å². The van der Waals surface area contributed by atoms with E-state index in [1.54, 1.807) is 18.2 Å². The number of urea groups is 1. The number of carbonyl (C=O) groups is 2. The Hall–Kier alpha value is -3.05. The summed E-state index contributed by atoms with van der Waals surface area (Å²) in [5.41, 5.74) is 6.47. The second-order valence-corrected chi connectivity index (χ2v) is 8.92. The Morgan fingerprint density at radius 2 is 1.74 bits per heavy atom. The summed E-state index contributed by atoms with van der Waals surface area (Å²) >= 11 is 0. The van der Waals surface area contributed by atoms with Crippen LogP contribution in [-0.4, -0.2) is 62.3 Å². The van der Waals surface area contributed by atoms with Gasteiger partial charge in [-0.3, -0.25) is 4.79 Å². The summed E-state index contributed by atoms with van der Waals surface area (Å²) in [6.07, 6.45) is 0.486. The first-order valence-corrected chi connectivity index (χ1v) is 11.0. The minimum atomic E-state index is -4.21. The first-order chi connectivity index (χ1) is 14.7. The van der Waals surface area contributed by atoms with Crippen LogP contribution in [0.5, 0.6) is 0 Å². The summed E-state index contributed by atoms with van der Waals surface area (Å²) in [4.78, 5) is 24.3. The van der Waals surface area contributed by atoms with Gasteiger partial charge in [0.2, 0.25) is 15.9 Å². The summed E-state index contributed by atoms with van der Waals surface area (Å²) in [6.45, 7) is 0.463. The minimum Gasteiger partial charge on any atom is -0.366 e. The van der Waals surface area contributed by atoms with E-state index in [0.29, 0.717) is 24.6 Å². The second-order valence-electron chi connectivity index (χ2n) is 7.01. The van der Waals surface area contributed by atoms with Crippen molar-refractivity contribution in [2.24, 2.45) is 5.73 Å². The van der Waals surface area contributed by atoms with Crippen molar-refractivity contribution in [1.29, 1.82) is 0 Å². The number of sulfonamides is 1. The van der Waals surface area contributed by atoms with Crippen LogP contribution in [0.4, 0.5) is 13.6 Å². The number of benzene rings is 2. The fourth-order valence-corrected chi connectivity index (χ4v) is 4.75. The average Bonchev–Trinajstić information content (AvgIpc) is 2.75. The van der Waals surface area contributed by atoms with Crippen LogP contribution in [0.3, 0.4) is 0 Å². The van der Waals surface area contributed by atoms with Gasteiger partial charge in [-0.25, -0.2) is 22.0 Å². The largest absolute Gasteiger partial charge is 0.366 e. The molecule has 1 heterocycles. The number of primary amides is 1. The lowest BCUT2D eigenvalue weighted by Gasteiger charge is -2.34. The third kappa shape index (κ3) is 5.36. The van der Waals surface area contributed by atoms with E-state index in [9.17, 15) is 26.8 Å². The molecule has 1 fully saturated rings. The normalized spacial score (nSPS) is 15.0. The van der Waals surface area contributed by atoms with Gasteiger partial charge in [0.05, 0.1) is 0 Å². The highest BCUT2D eigenvalue weighted by molar-refractivity contribution is 7.89. The molecule has 0 aliphatic carbocycles. The Balaban J connectivity index is 1.52. The maximum atomic E-state index is 13.9. The molecule has 1 saturated heterocycles. The molecule has 31 heavy (non-hydrogen) atoms. The summed E-state index contributed by atoms with van der Waals surface area (Å²) < 4.78 is 53.5. The topological polar surface area (TPSA) is 113 Å². The minimum absolute atomic E-state index is 0.0354. The Kier molecular flexibility index (Phi) is 6.86. The maximum absolute atomic E-state index is 13.9. The predicted molar refractivity (Wildman–Crippen MR) is 109 cm³/mol. The van der Waals surface area contributed by atoms with Gasteiger partial charge < -0.3 is 16.0 Å². The van der Waals surface area contributed by atoms with Crippen LogP contribution in [0.25, 0.3) is 0 Å². The Morgan fingerprint density at radius 1 is 1.03 bits per heavy atom. The molecule has 11 heteroatoms. The lowest BCUT2D eigenvalue weighted by atomic mass is 10.1. The number of hydrogen-bond donors (Lipinski definition) is 2. The highest BCUT2D eigenvalue weighted by atomic mass is 32.2. The summed E-state index contributed by atoms with van der Waals surface area (Å²) in [6, 6.07) is 8.69. The van der Waals surface area contributed by atoms with E-state index >= 15 is 0 Å². The molecule has 0 aromatic heterocycles. The standard InChI is InChI=1S/C20H22F2N4O4S/c21-16-4-5-17(22)18(13-16)31(29,30)26-10-8-25(9-11-26)20(28)24-7-6-14-2-1-3-15(12-14)19(23)27/h1-5,12-13H,6-11H2,(H2,23,27)(H,24,28). The molecule has 2 aromatic rings. The Morgan fingerprint density at radius 3 is 2.42 bits per heavy atom. The molecule has 0 bridgehead atoms. The van der Waals surface area contributed by atoms with Crippen LogP contribution in [0.15, 0.2) is 47.4 Å². The molecule has 2 aromatic carbocycles. The van der Waals surface area contributed by atoms with Crippen LogP contribution in [0.2, 0.25) is 0 Å². The number of rotatable bonds is 6. The molecule has 3 N–H and O–H groups in total. The van der Waals surface area contributed by atoms with E-state index in [-0.39, 0.29) is 32.2 Å². The lowest BCUT2D eigenvalue weighted by molar-refractivity contribution is 0.1000. The molecule has 0 saturated carbocycles. The molecule has 0 spiro atoms. The first-order valence-electron chi connectivity index (χ1n) is 9.55. The van der Waals surface area contributed by atoms with Gasteiger partial charge in [0.25, 0.3) is 0 Å². The number of piperazine rings is 1. The summed E-state index contributed by atoms with van der Waals surface area (Å²) in [5, 5.41) is 2.74. The van der Waals surface area contributed by atoms with Gasteiger partial charge >= 0.3 is 6.03 Å². The van der Waals surface area contributed by atoms with Crippen LogP contribution in [-0.2, 0) is 16.4 Å². The highest BCUT2D eigenvalue weighted by Crippen LogP contribution is 2.21.